The highest BCUT2D eigenvalue weighted by Crippen LogP contribution is 2.29. The molecule has 1 saturated heterocycles. The van der Waals surface area contributed by atoms with E-state index < -0.39 is 5.60 Å². The van der Waals surface area contributed by atoms with Crippen molar-refractivity contribution in [1.29, 1.82) is 0 Å². The number of anilines is 1. The maximum absolute atomic E-state index is 12.3. The van der Waals surface area contributed by atoms with Gasteiger partial charge in [-0.2, -0.15) is 0 Å². The number of nitrogens with zero attached hydrogens (tertiary/aromatic N) is 3. The lowest BCUT2D eigenvalue weighted by Crippen LogP contribution is -2.48. The Kier molecular flexibility index (Phi) is 6.40. The Morgan fingerprint density at radius 1 is 1.12 bits per heavy atom. The van der Waals surface area contributed by atoms with E-state index in [9.17, 15) is 4.79 Å². The number of fused-ring (bicyclic) bond motifs is 1. The Balaban J connectivity index is 1.63. The fourth-order valence-corrected chi connectivity index (χ4v) is 4.39. The first-order chi connectivity index (χ1) is 15.3. The third-order valence-corrected chi connectivity index (χ3v) is 5.99. The number of ether oxygens (including phenoxy) is 1. The second-order valence-electron chi connectivity index (χ2n) is 9.64. The second kappa shape index (κ2) is 9.23. The van der Waals surface area contributed by atoms with Crippen molar-refractivity contribution in [3.05, 3.63) is 59.7 Å². The van der Waals surface area contributed by atoms with Crippen LogP contribution >= 0.6 is 0 Å². The lowest BCUT2D eigenvalue weighted by molar-refractivity contribution is 0.0522. The fourth-order valence-electron chi connectivity index (χ4n) is 4.39. The van der Waals surface area contributed by atoms with Crippen molar-refractivity contribution in [3.8, 4) is 0 Å². The number of imidazole rings is 1. The van der Waals surface area contributed by atoms with Gasteiger partial charge in [-0.3, -0.25) is 0 Å². The molecule has 6 nitrogen and oxygen atoms in total. The number of alkyl carbamates (subject to hydrolysis) is 1. The lowest BCUT2D eigenvalue weighted by Gasteiger charge is -2.37. The van der Waals surface area contributed by atoms with Crippen molar-refractivity contribution in [2.45, 2.75) is 65.1 Å². The number of piperidine rings is 1. The van der Waals surface area contributed by atoms with Crippen LogP contribution in [0.2, 0.25) is 0 Å². The molecule has 2 heterocycles. The minimum absolute atomic E-state index is 0.184. The molecule has 170 valence electrons. The van der Waals surface area contributed by atoms with Gasteiger partial charge in [0.05, 0.1) is 17.6 Å². The highest BCUT2D eigenvalue weighted by Gasteiger charge is 2.28. The van der Waals surface area contributed by atoms with Crippen LogP contribution < -0.4 is 10.2 Å². The van der Waals surface area contributed by atoms with Gasteiger partial charge in [0.25, 0.3) is 0 Å². The van der Waals surface area contributed by atoms with Crippen LogP contribution in [-0.4, -0.2) is 40.4 Å². The predicted molar refractivity (Wildman–Crippen MR) is 129 cm³/mol. The van der Waals surface area contributed by atoms with E-state index in [4.69, 9.17) is 9.72 Å². The minimum Gasteiger partial charge on any atom is -0.444 e. The van der Waals surface area contributed by atoms with Crippen molar-refractivity contribution in [3.63, 3.8) is 0 Å². The maximum Gasteiger partial charge on any atom is 0.407 e. The zero-order valence-corrected chi connectivity index (χ0v) is 19.6. The Morgan fingerprint density at radius 2 is 1.88 bits per heavy atom. The van der Waals surface area contributed by atoms with Crippen molar-refractivity contribution in [2.75, 3.05) is 18.0 Å². The number of nitrogens with one attached hydrogen (secondary N) is 1. The zero-order valence-electron chi connectivity index (χ0n) is 19.6. The van der Waals surface area contributed by atoms with E-state index >= 15 is 0 Å². The van der Waals surface area contributed by atoms with Gasteiger partial charge in [0.15, 0.2) is 0 Å². The summed E-state index contributed by atoms with van der Waals surface area (Å²) in [6.07, 6.45) is 2.92. The first-order valence-electron chi connectivity index (χ1n) is 11.5. The van der Waals surface area contributed by atoms with Gasteiger partial charge in [-0.25, -0.2) is 9.78 Å². The van der Waals surface area contributed by atoms with E-state index in [0.29, 0.717) is 6.54 Å². The van der Waals surface area contributed by atoms with Crippen molar-refractivity contribution >= 4 is 23.1 Å². The van der Waals surface area contributed by atoms with Crippen LogP contribution in [0.3, 0.4) is 0 Å². The number of rotatable bonds is 5. The molecule has 0 spiro atoms. The number of hydrogen-bond donors (Lipinski definition) is 1. The summed E-state index contributed by atoms with van der Waals surface area (Å²) in [6.45, 7) is 10.0. The highest BCUT2D eigenvalue weighted by atomic mass is 16.6. The van der Waals surface area contributed by atoms with E-state index in [0.717, 1.165) is 49.3 Å². The van der Waals surface area contributed by atoms with Crippen LogP contribution in [0.4, 0.5) is 10.7 Å². The van der Waals surface area contributed by atoms with Crippen LogP contribution in [-0.2, 0) is 11.3 Å². The molecule has 1 fully saturated rings. The molecule has 32 heavy (non-hydrogen) atoms. The lowest BCUT2D eigenvalue weighted by atomic mass is 10.0. The summed E-state index contributed by atoms with van der Waals surface area (Å²) in [5.41, 5.74) is 4.20. The Morgan fingerprint density at radius 3 is 2.66 bits per heavy atom. The summed E-state index contributed by atoms with van der Waals surface area (Å²) in [4.78, 5) is 19.7. The van der Waals surface area contributed by atoms with Crippen molar-refractivity contribution in [2.24, 2.45) is 0 Å². The van der Waals surface area contributed by atoms with Crippen LogP contribution in [0.1, 0.15) is 51.2 Å². The number of para-hydroxylation sites is 2. The van der Waals surface area contributed by atoms with Crippen LogP contribution in [0, 0.1) is 6.92 Å². The smallest absolute Gasteiger partial charge is 0.407 e. The first kappa shape index (κ1) is 22.2. The number of benzene rings is 2. The standard InChI is InChI=1S/C26H34N4O2/c1-19-11-5-6-12-20(19)18-30-23-15-8-7-14-22(23)28-24(30)29-16-10-9-13-21(29)17-27-25(31)32-26(2,3)4/h5-8,11-12,14-15,21H,9-10,13,16-18H2,1-4H3,(H,27,31)/t21-/m0/s1. The summed E-state index contributed by atoms with van der Waals surface area (Å²) in [6, 6.07) is 17.0. The van der Waals surface area contributed by atoms with Crippen LogP contribution in [0.25, 0.3) is 11.0 Å². The SMILES string of the molecule is Cc1ccccc1Cn1c(N2CCCC[C@H]2CNC(=O)OC(C)(C)C)nc2ccccc21. The molecule has 4 rings (SSSR count). The number of amides is 1. The van der Waals surface area contributed by atoms with Crippen LogP contribution in [0.15, 0.2) is 48.5 Å². The molecule has 2 aromatic carbocycles. The van der Waals surface area contributed by atoms with E-state index in [2.05, 4.69) is 64.2 Å². The third kappa shape index (κ3) is 5.06. The number of hydrogen-bond acceptors (Lipinski definition) is 4. The largest absolute Gasteiger partial charge is 0.444 e. The summed E-state index contributed by atoms with van der Waals surface area (Å²) in [7, 11) is 0. The molecule has 1 aliphatic rings. The van der Waals surface area contributed by atoms with Gasteiger partial charge < -0.3 is 19.5 Å². The normalized spacial score (nSPS) is 16.9. The topological polar surface area (TPSA) is 59.4 Å². The van der Waals surface area contributed by atoms with E-state index in [-0.39, 0.29) is 12.1 Å². The quantitative estimate of drug-likeness (QED) is 0.594. The van der Waals surface area contributed by atoms with E-state index in [1.165, 1.54) is 11.1 Å². The summed E-state index contributed by atoms with van der Waals surface area (Å²) >= 11 is 0. The Hall–Kier alpha value is -3.02. The molecule has 1 aliphatic heterocycles. The molecule has 1 aromatic heterocycles. The van der Waals surface area contributed by atoms with Gasteiger partial charge >= 0.3 is 6.09 Å². The molecular weight excluding hydrogens is 400 g/mol. The molecule has 1 N–H and O–H groups in total. The van der Waals surface area contributed by atoms with Gasteiger partial charge in [-0.05, 0) is 70.2 Å². The van der Waals surface area contributed by atoms with Crippen molar-refractivity contribution < 1.29 is 9.53 Å². The van der Waals surface area contributed by atoms with Gasteiger partial charge in [0.2, 0.25) is 5.95 Å². The molecule has 0 aliphatic carbocycles. The number of carbonyl (C=O) groups is 1. The van der Waals surface area contributed by atoms with Gasteiger partial charge in [-0.1, -0.05) is 36.4 Å². The predicted octanol–water partition coefficient (Wildman–Crippen LogP) is 5.28. The van der Waals surface area contributed by atoms with E-state index in [1.54, 1.807) is 0 Å². The molecule has 0 saturated carbocycles. The Labute approximate surface area is 190 Å². The monoisotopic (exact) mass is 434 g/mol. The number of aryl methyl sites for hydroxylation is 1. The zero-order chi connectivity index (χ0) is 22.7. The average molecular weight is 435 g/mol. The average Bonchev–Trinajstić information content (AvgIpc) is 3.11. The summed E-state index contributed by atoms with van der Waals surface area (Å²) in [5.74, 6) is 0.977. The van der Waals surface area contributed by atoms with Crippen LogP contribution in [0.5, 0.6) is 0 Å². The molecule has 1 amide bonds. The molecule has 0 radical (unpaired) electrons. The fraction of sp³-hybridized carbons (Fsp3) is 0.462. The number of carbonyl (C=O) groups excluding carboxylic acids is 1. The highest BCUT2D eigenvalue weighted by molar-refractivity contribution is 5.79. The van der Waals surface area contributed by atoms with E-state index in [1.807, 2.05) is 26.8 Å². The Bertz CT molecular complexity index is 1080. The second-order valence-corrected chi connectivity index (χ2v) is 9.64. The van der Waals surface area contributed by atoms with Crippen molar-refractivity contribution in [1.82, 2.24) is 14.9 Å². The van der Waals surface area contributed by atoms with Gasteiger partial charge in [0.1, 0.15) is 5.60 Å². The van der Waals surface area contributed by atoms with Gasteiger partial charge in [-0.15, -0.1) is 0 Å². The molecule has 0 unspecified atom stereocenters. The molecule has 6 heteroatoms. The third-order valence-electron chi connectivity index (χ3n) is 5.99. The van der Waals surface area contributed by atoms with Gasteiger partial charge in [0, 0.05) is 19.1 Å². The number of aromatic nitrogens is 2. The minimum atomic E-state index is -0.502. The summed E-state index contributed by atoms with van der Waals surface area (Å²) < 4.78 is 7.77. The maximum atomic E-state index is 12.3. The summed E-state index contributed by atoms with van der Waals surface area (Å²) in [5, 5.41) is 2.98. The molecular formula is C26H34N4O2. The molecule has 1 atom stereocenters. The first-order valence-corrected chi connectivity index (χ1v) is 11.5. The molecule has 3 aromatic rings. The molecule has 0 bridgehead atoms.